The Morgan fingerprint density at radius 3 is 2.80 bits per heavy atom. The Labute approximate surface area is 72.4 Å². The smallest absolute Gasteiger partial charge is 0.0235 e. The minimum absolute atomic E-state index is 0.719. The van der Waals surface area contributed by atoms with Gasteiger partial charge in [-0.25, -0.2) is 0 Å². The predicted octanol–water partition coefficient (Wildman–Crippen LogP) is 2.35. The summed E-state index contributed by atoms with van der Waals surface area (Å²) >= 11 is 10.9. The number of rotatable bonds is 5. The second kappa shape index (κ2) is 7.39. The molecule has 0 amide bonds. The molecule has 0 saturated heterocycles. The zero-order valence-electron chi connectivity index (χ0n) is 6.16. The van der Waals surface area contributed by atoms with Gasteiger partial charge in [-0.2, -0.15) is 0 Å². The number of alkyl halides is 1. The van der Waals surface area contributed by atoms with Gasteiger partial charge in [-0.3, -0.25) is 0 Å². The van der Waals surface area contributed by atoms with E-state index in [-0.39, 0.29) is 0 Å². The third-order valence-corrected chi connectivity index (χ3v) is 1.72. The highest BCUT2D eigenvalue weighted by Crippen LogP contribution is 1.92. The maximum atomic E-state index is 5.47. The third kappa shape index (κ3) is 6.40. The first-order chi connectivity index (χ1) is 4.81. The topological polar surface area (TPSA) is 12.0 Å². The van der Waals surface area contributed by atoms with Crippen LogP contribution >= 0.6 is 23.2 Å². The van der Waals surface area contributed by atoms with Gasteiger partial charge in [-0.1, -0.05) is 11.6 Å². The van der Waals surface area contributed by atoms with Crippen LogP contribution in [-0.2, 0) is 0 Å². The number of nitrogens with one attached hydrogen (secondary N) is 1. The van der Waals surface area contributed by atoms with Crippen LogP contribution in [0.25, 0.3) is 0 Å². The molecule has 0 atom stereocenters. The molecule has 1 N–H and O–H groups in total. The molecule has 0 aliphatic rings. The van der Waals surface area contributed by atoms with Crippen LogP contribution in [0.15, 0.2) is 11.1 Å². The number of hydrogen-bond acceptors (Lipinski definition) is 1. The fourth-order valence-corrected chi connectivity index (χ4v) is 0.727. The standard InChI is InChI=1S/C7H13Cl2N/c1-7(5-9)6-10-4-2-3-8/h5,10H,2-4,6H2,1H3. The summed E-state index contributed by atoms with van der Waals surface area (Å²) in [7, 11) is 0. The molecule has 1 nitrogen and oxygen atoms in total. The van der Waals surface area contributed by atoms with Crippen molar-refractivity contribution < 1.29 is 0 Å². The van der Waals surface area contributed by atoms with Gasteiger partial charge in [-0.05, 0) is 25.5 Å². The van der Waals surface area contributed by atoms with Crippen molar-refractivity contribution in [2.45, 2.75) is 13.3 Å². The van der Waals surface area contributed by atoms with Gasteiger partial charge in [0.2, 0.25) is 0 Å². The lowest BCUT2D eigenvalue weighted by molar-refractivity contribution is 0.717. The predicted molar refractivity (Wildman–Crippen MR) is 47.8 cm³/mol. The van der Waals surface area contributed by atoms with E-state index in [1.807, 2.05) is 6.92 Å². The van der Waals surface area contributed by atoms with E-state index in [1.165, 1.54) is 0 Å². The van der Waals surface area contributed by atoms with Gasteiger partial charge in [0, 0.05) is 18.0 Å². The highest BCUT2D eigenvalue weighted by molar-refractivity contribution is 6.25. The van der Waals surface area contributed by atoms with E-state index in [1.54, 1.807) is 5.54 Å². The van der Waals surface area contributed by atoms with Gasteiger partial charge >= 0.3 is 0 Å². The minimum atomic E-state index is 0.719. The molecule has 0 heterocycles. The summed E-state index contributed by atoms with van der Waals surface area (Å²) in [5.74, 6) is 0.719. The Balaban J connectivity index is 3.04. The van der Waals surface area contributed by atoms with E-state index < -0.39 is 0 Å². The molecule has 0 saturated carbocycles. The molecule has 0 rings (SSSR count). The summed E-state index contributed by atoms with van der Waals surface area (Å²) in [6, 6.07) is 0. The average molecular weight is 182 g/mol. The van der Waals surface area contributed by atoms with Crippen LogP contribution in [0.1, 0.15) is 13.3 Å². The molecule has 60 valence electrons. The van der Waals surface area contributed by atoms with E-state index in [0.29, 0.717) is 0 Å². The number of hydrogen-bond donors (Lipinski definition) is 1. The van der Waals surface area contributed by atoms with E-state index in [9.17, 15) is 0 Å². The maximum absolute atomic E-state index is 5.47. The molecular weight excluding hydrogens is 169 g/mol. The molecule has 0 aromatic carbocycles. The Morgan fingerprint density at radius 1 is 1.60 bits per heavy atom. The van der Waals surface area contributed by atoms with Gasteiger partial charge in [0.25, 0.3) is 0 Å². The van der Waals surface area contributed by atoms with Crippen molar-refractivity contribution in [2.24, 2.45) is 0 Å². The van der Waals surface area contributed by atoms with Crippen molar-refractivity contribution in [3.63, 3.8) is 0 Å². The minimum Gasteiger partial charge on any atom is -0.313 e. The third-order valence-electron chi connectivity index (χ3n) is 1.08. The van der Waals surface area contributed by atoms with E-state index in [0.717, 1.165) is 31.0 Å². The molecule has 0 fully saturated rings. The molecule has 0 radical (unpaired) electrons. The molecule has 0 bridgehead atoms. The second-order valence-corrected chi connectivity index (χ2v) is 2.77. The fraction of sp³-hybridized carbons (Fsp3) is 0.714. The van der Waals surface area contributed by atoms with Crippen LogP contribution < -0.4 is 5.32 Å². The lowest BCUT2D eigenvalue weighted by Gasteiger charge is -2.01. The Bertz CT molecular complexity index is 102. The van der Waals surface area contributed by atoms with Crippen LogP contribution in [0.2, 0.25) is 0 Å². The highest BCUT2D eigenvalue weighted by atomic mass is 35.5. The molecule has 0 aromatic heterocycles. The van der Waals surface area contributed by atoms with Crippen molar-refractivity contribution in [3.05, 3.63) is 11.1 Å². The summed E-state index contributed by atoms with van der Waals surface area (Å²) in [6.07, 6.45) is 1.01. The van der Waals surface area contributed by atoms with Gasteiger partial charge in [0.05, 0.1) is 0 Å². The SMILES string of the molecule is CC(=CCl)CNCCCCl. The molecular formula is C7H13Cl2N. The first-order valence-electron chi connectivity index (χ1n) is 3.33. The van der Waals surface area contributed by atoms with Crippen molar-refractivity contribution in [1.82, 2.24) is 5.32 Å². The highest BCUT2D eigenvalue weighted by Gasteiger charge is 1.87. The zero-order chi connectivity index (χ0) is 7.82. The lowest BCUT2D eigenvalue weighted by atomic mass is 10.3. The fourth-order valence-electron chi connectivity index (χ4n) is 0.516. The maximum Gasteiger partial charge on any atom is 0.0235 e. The summed E-state index contributed by atoms with van der Waals surface area (Å²) in [6.45, 7) is 3.81. The van der Waals surface area contributed by atoms with Crippen molar-refractivity contribution >= 4 is 23.2 Å². The average Bonchev–Trinajstić information content (AvgIpc) is 1.98. The Morgan fingerprint density at radius 2 is 2.30 bits per heavy atom. The van der Waals surface area contributed by atoms with E-state index >= 15 is 0 Å². The Hall–Kier alpha value is 0.280. The molecule has 0 spiro atoms. The second-order valence-electron chi connectivity index (χ2n) is 2.17. The van der Waals surface area contributed by atoms with Gasteiger partial charge in [0.1, 0.15) is 0 Å². The van der Waals surface area contributed by atoms with Crippen LogP contribution in [0, 0.1) is 0 Å². The molecule has 0 aliphatic heterocycles. The van der Waals surface area contributed by atoms with Gasteiger partial charge in [-0.15, -0.1) is 11.6 Å². The van der Waals surface area contributed by atoms with Crippen molar-refractivity contribution in [2.75, 3.05) is 19.0 Å². The van der Waals surface area contributed by atoms with Crippen LogP contribution in [0.5, 0.6) is 0 Å². The summed E-state index contributed by atoms with van der Waals surface area (Å²) in [5.41, 5.74) is 2.74. The monoisotopic (exact) mass is 181 g/mol. The Kier molecular flexibility index (Phi) is 7.59. The van der Waals surface area contributed by atoms with E-state index in [2.05, 4.69) is 5.32 Å². The van der Waals surface area contributed by atoms with Crippen LogP contribution in [0.4, 0.5) is 0 Å². The normalized spacial score (nSPS) is 12.1. The van der Waals surface area contributed by atoms with E-state index in [4.69, 9.17) is 23.2 Å². The van der Waals surface area contributed by atoms with Crippen LogP contribution in [-0.4, -0.2) is 19.0 Å². The summed E-state index contributed by atoms with van der Waals surface area (Å²) in [5, 5.41) is 3.20. The van der Waals surface area contributed by atoms with Gasteiger partial charge in [0.15, 0.2) is 0 Å². The van der Waals surface area contributed by atoms with Gasteiger partial charge < -0.3 is 5.32 Å². The van der Waals surface area contributed by atoms with Crippen molar-refractivity contribution in [1.29, 1.82) is 0 Å². The first kappa shape index (κ1) is 10.3. The molecule has 0 aliphatic carbocycles. The van der Waals surface area contributed by atoms with Crippen LogP contribution in [0.3, 0.4) is 0 Å². The zero-order valence-corrected chi connectivity index (χ0v) is 7.67. The summed E-state index contributed by atoms with van der Waals surface area (Å²) < 4.78 is 0. The first-order valence-corrected chi connectivity index (χ1v) is 4.31. The summed E-state index contributed by atoms with van der Waals surface area (Å²) in [4.78, 5) is 0. The molecule has 0 aromatic rings. The van der Waals surface area contributed by atoms with Crippen molar-refractivity contribution in [3.8, 4) is 0 Å². The molecule has 10 heavy (non-hydrogen) atoms. The molecule has 3 heteroatoms. The number of halogens is 2. The molecule has 0 unspecified atom stereocenters. The quantitative estimate of drug-likeness (QED) is 0.508. The lowest BCUT2D eigenvalue weighted by Crippen LogP contribution is -2.17. The largest absolute Gasteiger partial charge is 0.313 e.